The number of benzene rings is 1. The van der Waals surface area contributed by atoms with Gasteiger partial charge in [-0.1, -0.05) is 23.4 Å². The standard InChI is InChI=1S/C20H19N3O3/c1-23(12-17-11-18(22-26-17)14-6-8-21-9-7-14)20(24)16-10-15-4-2-3-5-19(15)25-13-16/h2-9,11,16H,10,12-13H2,1H3/t16-/m1/s1. The van der Waals surface area contributed by atoms with E-state index >= 15 is 0 Å². The maximum absolute atomic E-state index is 12.8. The maximum Gasteiger partial charge on any atom is 0.229 e. The van der Waals surface area contributed by atoms with Gasteiger partial charge >= 0.3 is 0 Å². The summed E-state index contributed by atoms with van der Waals surface area (Å²) in [5.74, 6) is 1.38. The summed E-state index contributed by atoms with van der Waals surface area (Å²) < 4.78 is 11.1. The predicted octanol–water partition coefficient (Wildman–Crippen LogP) is 2.95. The largest absolute Gasteiger partial charge is 0.492 e. The number of fused-ring (bicyclic) bond motifs is 1. The first kappa shape index (κ1) is 16.3. The van der Waals surface area contributed by atoms with Crippen molar-refractivity contribution in [1.29, 1.82) is 0 Å². The van der Waals surface area contributed by atoms with Gasteiger partial charge in [0.25, 0.3) is 0 Å². The van der Waals surface area contributed by atoms with Gasteiger partial charge in [0.05, 0.1) is 12.5 Å². The van der Waals surface area contributed by atoms with E-state index in [0.29, 0.717) is 25.3 Å². The summed E-state index contributed by atoms with van der Waals surface area (Å²) >= 11 is 0. The van der Waals surface area contributed by atoms with Crippen LogP contribution in [0.15, 0.2) is 59.4 Å². The van der Waals surface area contributed by atoms with Crippen molar-refractivity contribution in [2.75, 3.05) is 13.7 Å². The molecule has 0 unspecified atom stereocenters. The third-order valence-electron chi connectivity index (χ3n) is 4.53. The van der Waals surface area contributed by atoms with Crippen LogP contribution in [0.2, 0.25) is 0 Å². The molecular formula is C20H19N3O3. The number of pyridine rings is 1. The first-order valence-electron chi connectivity index (χ1n) is 8.52. The van der Waals surface area contributed by atoms with E-state index in [1.54, 1.807) is 24.3 Å². The number of carbonyl (C=O) groups excluding carboxylic acids is 1. The second-order valence-corrected chi connectivity index (χ2v) is 6.43. The van der Waals surface area contributed by atoms with E-state index in [1.807, 2.05) is 42.5 Å². The number of amides is 1. The van der Waals surface area contributed by atoms with Crippen LogP contribution in [0.25, 0.3) is 11.3 Å². The van der Waals surface area contributed by atoms with E-state index in [0.717, 1.165) is 22.6 Å². The number of rotatable bonds is 4. The Balaban J connectivity index is 1.42. The van der Waals surface area contributed by atoms with Crippen molar-refractivity contribution >= 4 is 5.91 Å². The van der Waals surface area contributed by atoms with Crippen molar-refractivity contribution < 1.29 is 14.1 Å². The van der Waals surface area contributed by atoms with Crippen LogP contribution < -0.4 is 4.74 Å². The molecule has 1 aliphatic rings. The Morgan fingerprint density at radius 1 is 1.23 bits per heavy atom. The highest BCUT2D eigenvalue weighted by Crippen LogP contribution is 2.28. The van der Waals surface area contributed by atoms with Gasteiger partial charge < -0.3 is 14.2 Å². The molecule has 0 N–H and O–H groups in total. The Morgan fingerprint density at radius 2 is 2.04 bits per heavy atom. The molecule has 0 radical (unpaired) electrons. The van der Waals surface area contributed by atoms with Gasteiger partial charge in [-0.25, -0.2) is 0 Å². The Bertz CT molecular complexity index is 907. The zero-order valence-electron chi connectivity index (χ0n) is 14.5. The normalized spacial score (nSPS) is 15.8. The monoisotopic (exact) mass is 349 g/mol. The predicted molar refractivity (Wildman–Crippen MR) is 95.3 cm³/mol. The van der Waals surface area contributed by atoms with Gasteiger partial charge in [-0.15, -0.1) is 0 Å². The van der Waals surface area contributed by atoms with Gasteiger partial charge in [0.15, 0.2) is 5.76 Å². The van der Waals surface area contributed by atoms with Crippen LogP contribution in [0.5, 0.6) is 5.75 Å². The summed E-state index contributed by atoms with van der Waals surface area (Å²) in [5, 5.41) is 4.08. The minimum absolute atomic E-state index is 0.0429. The topological polar surface area (TPSA) is 68.5 Å². The van der Waals surface area contributed by atoms with Crippen LogP contribution in [-0.2, 0) is 17.8 Å². The minimum Gasteiger partial charge on any atom is -0.492 e. The molecule has 132 valence electrons. The van der Waals surface area contributed by atoms with Crippen molar-refractivity contribution in [3.63, 3.8) is 0 Å². The van der Waals surface area contributed by atoms with Crippen LogP contribution in [0, 0.1) is 5.92 Å². The van der Waals surface area contributed by atoms with Gasteiger partial charge in [0, 0.05) is 31.1 Å². The lowest BCUT2D eigenvalue weighted by Gasteiger charge is -2.27. The van der Waals surface area contributed by atoms with Gasteiger partial charge in [-0.05, 0) is 30.2 Å². The van der Waals surface area contributed by atoms with E-state index in [4.69, 9.17) is 9.26 Å². The van der Waals surface area contributed by atoms with Crippen molar-refractivity contribution in [1.82, 2.24) is 15.0 Å². The average Bonchev–Trinajstić information content (AvgIpc) is 3.16. The second-order valence-electron chi connectivity index (χ2n) is 6.43. The van der Waals surface area contributed by atoms with Crippen LogP contribution in [0.1, 0.15) is 11.3 Å². The molecule has 1 aromatic carbocycles. The van der Waals surface area contributed by atoms with Crippen LogP contribution >= 0.6 is 0 Å². The molecule has 1 atom stereocenters. The fraction of sp³-hybridized carbons (Fsp3) is 0.250. The Labute approximate surface area is 151 Å². The quantitative estimate of drug-likeness (QED) is 0.724. The molecule has 3 aromatic rings. The number of hydrogen-bond donors (Lipinski definition) is 0. The lowest BCUT2D eigenvalue weighted by molar-refractivity contribution is -0.136. The molecule has 2 aromatic heterocycles. The molecule has 0 aliphatic carbocycles. The molecule has 3 heterocycles. The van der Waals surface area contributed by atoms with Crippen molar-refractivity contribution in [3.8, 4) is 17.0 Å². The highest BCUT2D eigenvalue weighted by atomic mass is 16.5. The molecule has 0 bridgehead atoms. The van der Waals surface area contributed by atoms with Crippen molar-refractivity contribution in [2.45, 2.75) is 13.0 Å². The summed E-state index contributed by atoms with van der Waals surface area (Å²) in [6, 6.07) is 13.4. The lowest BCUT2D eigenvalue weighted by Crippen LogP contribution is -2.38. The molecule has 6 nitrogen and oxygen atoms in total. The van der Waals surface area contributed by atoms with Crippen molar-refractivity contribution in [3.05, 3.63) is 66.2 Å². The number of ether oxygens (including phenoxy) is 1. The molecular weight excluding hydrogens is 330 g/mol. The molecule has 0 saturated carbocycles. The zero-order valence-corrected chi connectivity index (χ0v) is 14.5. The Kier molecular flexibility index (Phi) is 4.39. The Hall–Kier alpha value is -3.15. The molecule has 4 rings (SSSR count). The maximum atomic E-state index is 12.8. The van der Waals surface area contributed by atoms with Gasteiger partial charge in [-0.2, -0.15) is 0 Å². The van der Waals surface area contributed by atoms with Crippen LogP contribution in [0.4, 0.5) is 0 Å². The van der Waals surface area contributed by atoms with Gasteiger partial charge in [0.1, 0.15) is 18.1 Å². The van der Waals surface area contributed by atoms with E-state index in [9.17, 15) is 4.79 Å². The SMILES string of the molecule is CN(Cc1cc(-c2ccncc2)no1)C(=O)[C@H]1COc2ccccc2C1. The third kappa shape index (κ3) is 3.31. The number of aromatic nitrogens is 2. The van der Waals surface area contributed by atoms with Crippen molar-refractivity contribution in [2.24, 2.45) is 5.92 Å². The number of nitrogens with zero attached hydrogens (tertiary/aromatic N) is 3. The highest BCUT2D eigenvalue weighted by molar-refractivity contribution is 5.79. The zero-order chi connectivity index (χ0) is 17.9. The number of para-hydroxylation sites is 1. The summed E-state index contributed by atoms with van der Waals surface area (Å²) in [6.07, 6.45) is 4.11. The minimum atomic E-state index is -0.183. The average molecular weight is 349 g/mol. The summed E-state index contributed by atoms with van der Waals surface area (Å²) in [5.41, 5.74) is 2.74. The fourth-order valence-corrected chi connectivity index (χ4v) is 3.16. The molecule has 0 spiro atoms. The molecule has 1 aliphatic heterocycles. The first-order chi connectivity index (χ1) is 12.7. The first-order valence-corrected chi connectivity index (χ1v) is 8.52. The molecule has 0 fully saturated rings. The van der Waals surface area contributed by atoms with Crippen LogP contribution in [-0.4, -0.2) is 34.6 Å². The molecule has 0 saturated heterocycles. The van der Waals surface area contributed by atoms with E-state index in [-0.39, 0.29) is 11.8 Å². The van der Waals surface area contributed by atoms with E-state index < -0.39 is 0 Å². The summed E-state index contributed by atoms with van der Waals surface area (Å²) in [4.78, 5) is 18.4. The van der Waals surface area contributed by atoms with Crippen LogP contribution in [0.3, 0.4) is 0 Å². The molecule has 26 heavy (non-hydrogen) atoms. The third-order valence-corrected chi connectivity index (χ3v) is 4.53. The molecule has 1 amide bonds. The van der Waals surface area contributed by atoms with Gasteiger partial charge in [-0.3, -0.25) is 9.78 Å². The highest BCUT2D eigenvalue weighted by Gasteiger charge is 2.28. The summed E-state index contributed by atoms with van der Waals surface area (Å²) in [7, 11) is 1.78. The Morgan fingerprint density at radius 3 is 2.88 bits per heavy atom. The summed E-state index contributed by atoms with van der Waals surface area (Å²) in [6.45, 7) is 0.772. The number of carbonyl (C=O) groups is 1. The van der Waals surface area contributed by atoms with Gasteiger partial charge in [0.2, 0.25) is 5.91 Å². The fourth-order valence-electron chi connectivity index (χ4n) is 3.16. The molecule has 6 heteroatoms. The second kappa shape index (κ2) is 7.00. The number of hydrogen-bond acceptors (Lipinski definition) is 5. The van der Waals surface area contributed by atoms with E-state index in [1.165, 1.54) is 0 Å². The lowest BCUT2D eigenvalue weighted by atomic mass is 9.95. The van der Waals surface area contributed by atoms with E-state index in [2.05, 4.69) is 10.1 Å². The smallest absolute Gasteiger partial charge is 0.229 e.